The van der Waals surface area contributed by atoms with Gasteiger partial charge in [-0.1, -0.05) is 43.0 Å². The third-order valence-electron chi connectivity index (χ3n) is 6.02. The van der Waals surface area contributed by atoms with E-state index >= 15 is 0 Å². The van der Waals surface area contributed by atoms with E-state index in [0.717, 1.165) is 43.4 Å². The van der Waals surface area contributed by atoms with E-state index < -0.39 is 0 Å². The third-order valence-corrected chi connectivity index (χ3v) is 6.27. The molecule has 0 radical (unpaired) electrons. The molecule has 1 aliphatic carbocycles. The summed E-state index contributed by atoms with van der Waals surface area (Å²) in [7, 11) is 0. The van der Waals surface area contributed by atoms with E-state index in [2.05, 4.69) is 22.5 Å². The van der Waals surface area contributed by atoms with Gasteiger partial charge in [-0.25, -0.2) is 0 Å². The molecule has 2 N–H and O–H groups in total. The Balaban J connectivity index is 1.49. The maximum atomic E-state index is 12.5. The van der Waals surface area contributed by atoms with Crippen LogP contribution in [-0.4, -0.2) is 55.7 Å². The minimum atomic E-state index is 0.0639. The summed E-state index contributed by atoms with van der Waals surface area (Å²) >= 11 is 5.94. The van der Waals surface area contributed by atoms with Crippen molar-refractivity contribution in [3.63, 3.8) is 0 Å². The largest absolute Gasteiger partial charge is 0.379 e. The van der Waals surface area contributed by atoms with Gasteiger partial charge in [0, 0.05) is 36.2 Å². The van der Waals surface area contributed by atoms with Crippen LogP contribution in [0.3, 0.4) is 0 Å². The first kappa shape index (κ1) is 20.6. The van der Waals surface area contributed by atoms with Crippen LogP contribution in [0.5, 0.6) is 0 Å². The molecule has 150 valence electrons. The fourth-order valence-corrected chi connectivity index (χ4v) is 4.42. The summed E-state index contributed by atoms with van der Waals surface area (Å²) in [6, 6.07) is 7.85. The SMILES string of the molecule is C[C@H](NCC(=O)NCC1(N2CCOCC2)CCCCC1)c1ccc(Cl)cc1. The van der Waals surface area contributed by atoms with Gasteiger partial charge in [-0.05, 0) is 37.5 Å². The Morgan fingerprint density at radius 3 is 2.52 bits per heavy atom. The first-order chi connectivity index (χ1) is 13.1. The van der Waals surface area contributed by atoms with E-state index in [9.17, 15) is 4.79 Å². The number of carbonyl (C=O) groups is 1. The fraction of sp³-hybridized carbons (Fsp3) is 0.667. The Bertz CT molecular complexity index is 596. The molecule has 1 saturated heterocycles. The minimum Gasteiger partial charge on any atom is -0.379 e. The van der Waals surface area contributed by atoms with E-state index in [0.29, 0.717) is 6.54 Å². The molecule has 3 rings (SSSR count). The average molecular weight is 394 g/mol. The lowest BCUT2D eigenvalue weighted by Gasteiger charge is -2.48. The average Bonchev–Trinajstić information content (AvgIpc) is 2.72. The van der Waals surface area contributed by atoms with Crippen molar-refractivity contribution in [2.75, 3.05) is 39.4 Å². The Kier molecular flexibility index (Phi) is 7.53. The van der Waals surface area contributed by atoms with Crippen LogP contribution in [0.4, 0.5) is 0 Å². The molecule has 0 aromatic heterocycles. The van der Waals surface area contributed by atoms with Gasteiger partial charge in [0.15, 0.2) is 0 Å². The number of carbonyl (C=O) groups excluding carboxylic acids is 1. The van der Waals surface area contributed by atoms with Gasteiger partial charge in [-0.2, -0.15) is 0 Å². The molecule has 27 heavy (non-hydrogen) atoms. The number of rotatable bonds is 7. The highest BCUT2D eigenvalue weighted by atomic mass is 35.5. The molecule has 1 aromatic carbocycles. The molecule has 2 aliphatic rings. The summed E-state index contributed by atoms with van der Waals surface area (Å²) in [5, 5.41) is 7.24. The molecular formula is C21H32ClN3O2. The second kappa shape index (κ2) is 9.87. The second-order valence-electron chi connectivity index (χ2n) is 7.82. The molecule has 1 aliphatic heterocycles. The van der Waals surface area contributed by atoms with Crippen molar-refractivity contribution in [3.8, 4) is 0 Å². The summed E-state index contributed by atoms with van der Waals surface area (Å²) in [5.74, 6) is 0.0639. The molecule has 6 heteroatoms. The predicted octanol–water partition coefficient (Wildman–Crippen LogP) is 3.14. The Hall–Kier alpha value is -1.14. The van der Waals surface area contributed by atoms with Gasteiger partial charge < -0.3 is 15.4 Å². The van der Waals surface area contributed by atoms with Gasteiger partial charge in [0.05, 0.1) is 19.8 Å². The lowest BCUT2D eigenvalue weighted by atomic mass is 9.79. The van der Waals surface area contributed by atoms with Crippen LogP contribution in [-0.2, 0) is 9.53 Å². The smallest absolute Gasteiger partial charge is 0.234 e. The summed E-state index contributed by atoms with van der Waals surface area (Å²) < 4.78 is 5.53. The van der Waals surface area contributed by atoms with Crippen molar-refractivity contribution in [2.45, 2.75) is 50.6 Å². The quantitative estimate of drug-likeness (QED) is 0.747. The van der Waals surface area contributed by atoms with Crippen LogP contribution in [0.15, 0.2) is 24.3 Å². The Morgan fingerprint density at radius 2 is 1.85 bits per heavy atom. The number of halogens is 1. The molecule has 1 amide bonds. The van der Waals surface area contributed by atoms with Gasteiger partial charge in [-0.15, -0.1) is 0 Å². The van der Waals surface area contributed by atoms with Crippen LogP contribution in [0.25, 0.3) is 0 Å². The van der Waals surface area contributed by atoms with Crippen molar-refractivity contribution < 1.29 is 9.53 Å². The van der Waals surface area contributed by atoms with Crippen LogP contribution in [0, 0.1) is 0 Å². The minimum absolute atomic E-state index is 0.0639. The molecule has 1 aromatic rings. The maximum absolute atomic E-state index is 12.5. The van der Waals surface area contributed by atoms with Crippen molar-refractivity contribution in [1.82, 2.24) is 15.5 Å². The number of benzene rings is 1. The van der Waals surface area contributed by atoms with Gasteiger partial charge in [0.2, 0.25) is 5.91 Å². The topological polar surface area (TPSA) is 53.6 Å². The van der Waals surface area contributed by atoms with Crippen molar-refractivity contribution in [1.29, 1.82) is 0 Å². The van der Waals surface area contributed by atoms with Crippen molar-refractivity contribution in [3.05, 3.63) is 34.9 Å². The molecule has 0 spiro atoms. The van der Waals surface area contributed by atoms with Crippen LogP contribution in [0.2, 0.25) is 5.02 Å². The van der Waals surface area contributed by atoms with Gasteiger partial charge in [-0.3, -0.25) is 9.69 Å². The zero-order chi connectivity index (χ0) is 19.1. The molecule has 1 saturated carbocycles. The molecule has 0 bridgehead atoms. The number of amides is 1. The Morgan fingerprint density at radius 1 is 1.19 bits per heavy atom. The third kappa shape index (κ3) is 5.67. The van der Waals surface area contributed by atoms with E-state index in [1.807, 2.05) is 24.3 Å². The summed E-state index contributed by atoms with van der Waals surface area (Å²) in [6.07, 6.45) is 6.14. The lowest BCUT2D eigenvalue weighted by molar-refractivity contribution is -0.121. The monoisotopic (exact) mass is 393 g/mol. The van der Waals surface area contributed by atoms with E-state index in [4.69, 9.17) is 16.3 Å². The number of morpholine rings is 1. The second-order valence-corrected chi connectivity index (χ2v) is 8.25. The summed E-state index contributed by atoms with van der Waals surface area (Å²) in [6.45, 7) is 6.67. The molecule has 5 nitrogen and oxygen atoms in total. The first-order valence-corrected chi connectivity index (χ1v) is 10.6. The van der Waals surface area contributed by atoms with Crippen molar-refractivity contribution in [2.24, 2.45) is 0 Å². The number of ether oxygens (including phenoxy) is 1. The van der Waals surface area contributed by atoms with Crippen LogP contribution >= 0.6 is 11.6 Å². The van der Waals surface area contributed by atoms with Crippen LogP contribution < -0.4 is 10.6 Å². The highest BCUT2D eigenvalue weighted by Crippen LogP contribution is 2.33. The molecular weight excluding hydrogens is 362 g/mol. The highest BCUT2D eigenvalue weighted by molar-refractivity contribution is 6.30. The zero-order valence-corrected chi connectivity index (χ0v) is 17.1. The van der Waals surface area contributed by atoms with Gasteiger partial charge in [0.1, 0.15) is 0 Å². The standard InChI is InChI=1S/C21H32ClN3O2/c1-17(18-5-7-19(22)8-6-18)23-15-20(26)24-16-21(9-3-2-4-10-21)25-11-13-27-14-12-25/h5-8,17,23H,2-4,9-16H2,1H3,(H,24,26)/t17-/m0/s1. The molecule has 2 fully saturated rings. The normalized spacial score (nSPS) is 21.6. The number of nitrogens with zero attached hydrogens (tertiary/aromatic N) is 1. The molecule has 0 unspecified atom stereocenters. The number of nitrogens with one attached hydrogen (secondary N) is 2. The Labute approximate surface area is 167 Å². The van der Waals surface area contributed by atoms with E-state index in [-0.39, 0.29) is 17.5 Å². The van der Waals surface area contributed by atoms with Crippen LogP contribution in [0.1, 0.15) is 50.6 Å². The zero-order valence-electron chi connectivity index (χ0n) is 16.3. The molecule has 1 atom stereocenters. The van der Waals surface area contributed by atoms with Crippen molar-refractivity contribution >= 4 is 17.5 Å². The van der Waals surface area contributed by atoms with Gasteiger partial charge in [0.25, 0.3) is 0 Å². The highest BCUT2D eigenvalue weighted by Gasteiger charge is 2.38. The molecule has 1 heterocycles. The van der Waals surface area contributed by atoms with E-state index in [1.165, 1.54) is 32.1 Å². The lowest BCUT2D eigenvalue weighted by Crippen LogP contribution is -2.60. The fourth-order valence-electron chi connectivity index (χ4n) is 4.29. The number of hydrogen-bond acceptors (Lipinski definition) is 4. The first-order valence-electron chi connectivity index (χ1n) is 10.2. The predicted molar refractivity (Wildman–Crippen MR) is 109 cm³/mol. The van der Waals surface area contributed by atoms with Gasteiger partial charge >= 0.3 is 0 Å². The summed E-state index contributed by atoms with van der Waals surface area (Å²) in [4.78, 5) is 15.0. The number of hydrogen-bond donors (Lipinski definition) is 2. The summed E-state index contributed by atoms with van der Waals surface area (Å²) in [5.41, 5.74) is 1.24. The van der Waals surface area contributed by atoms with E-state index in [1.54, 1.807) is 0 Å². The maximum Gasteiger partial charge on any atom is 0.234 e.